The molecule has 0 heterocycles. The zero-order valence-electron chi connectivity index (χ0n) is 14.8. The summed E-state index contributed by atoms with van der Waals surface area (Å²) in [7, 11) is 1.44. The molecule has 0 aliphatic carbocycles. The lowest BCUT2D eigenvalue weighted by Crippen LogP contribution is -2.40. The van der Waals surface area contributed by atoms with Gasteiger partial charge in [-0.15, -0.1) is 0 Å². The summed E-state index contributed by atoms with van der Waals surface area (Å²) in [5.74, 6) is -0.288. The van der Waals surface area contributed by atoms with Crippen LogP contribution in [0, 0.1) is 0 Å². The Morgan fingerprint density at radius 1 is 1.04 bits per heavy atom. The number of rotatable bonds is 9. The third-order valence-corrected chi connectivity index (χ3v) is 3.41. The average molecular weight is 339 g/mol. The van der Waals surface area contributed by atoms with Gasteiger partial charge in [0.25, 0.3) is 5.91 Å². The van der Waals surface area contributed by atoms with Crippen LogP contribution in [0.2, 0.25) is 0 Å². The topological polar surface area (TPSA) is 85.3 Å². The van der Waals surface area contributed by atoms with Crippen molar-refractivity contribution in [2.24, 2.45) is 0 Å². The number of carboxylic acids is 1. The lowest BCUT2D eigenvalue weighted by atomic mass is 10.1. The summed E-state index contributed by atoms with van der Waals surface area (Å²) in [4.78, 5) is 24.8. The van der Waals surface area contributed by atoms with Crippen molar-refractivity contribution in [2.75, 3.05) is 26.9 Å². The number of hydrogen-bond acceptors (Lipinski definition) is 5. The van der Waals surface area contributed by atoms with E-state index in [2.05, 4.69) is 0 Å². The van der Waals surface area contributed by atoms with E-state index in [9.17, 15) is 9.59 Å². The zero-order chi connectivity index (χ0) is 18.3. The number of likely N-dealkylation sites (N-methyl/N-ethyl adjacent to an activating group) is 1. The SMILES string of the molecule is CCOc1cc(C(=O)N(C)C(C)C(=O)O)cc(OCC)c1OCC. The maximum atomic E-state index is 12.6. The standard InChI is InChI=1S/C17H25NO6/c1-6-22-13-9-12(16(19)18(5)11(4)17(20)21)10-14(23-7-2)15(13)24-8-3/h9-11H,6-8H2,1-5H3,(H,20,21). The Kier molecular flexibility index (Phi) is 7.35. The van der Waals surface area contributed by atoms with Crippen molar-refractivity contribution in [3.05, 3.63) is 17.7 Å². The number of nitrogens with zero attached hydrogens (tertiary/aromatic N) is 1. The number of aliphatic carboxylic acids is 1. The summed E-state index contributed by atoms with van der Waals surface area (Å²) in [5.41, 5.74) is 0.279. The highest BCUT2D eigenvalue weighted by Crippen LogP contribution is 2.39. The van der Waals surface area contributed by atoms with Gasteiger partial charge in [0.1, 0.15) is 6.04 Å². The fourth-order valence-electron chi connectivity index (χ4n) is 2.06. The highest BCUT2D eigenvalue weighted by molar-refractivity contribution is 5.97. The highest BCUT2D eigenvalue weighted by atomic mass is 16.5. The summed E-state index contributed by atoms with van der Waals surface area (Å²) in [6, 6.07) is 2.14. The minimum Gasteiger partial charge on any atom is -0.490 e. The van der Waals surface area contributed by atoms with E-state index in [1.807, 2.05) is 20.8 Å². The van der Waals surface area contributed by atoms with E-state index < -0.39 is 17.9 Å². The van der Waals surface area contributed by atoms with Crippen molar-refractivity contribution in [1.82, 2.24) is 4.90 Å². The minimum absolute atomic E-state index is 0.279. The molecule has 1 aromatic rings. The van der Waals surface area contributed by atoms with E-state index in [1.165, 1.54) is 14.0 Å². The van der Waals surface area contributed by atoms with Crippen molar-refractivity contribution in [3.8, 4) is 17.2 Å². The lowest BCUT2D eigenvalue weighted by Gasteiger charge is -2.23. The Morgan fingerprint density at radius 2 is 1.50 bits per heavy atom. The summed E-state index contributed by atoms with van der Waals surface area (Å²) < 4.78 is 16.7. The molecule has 0 radical (unpaired) electrons. The summed E-state index contributed by atoms with van der Waals surface area (Å²) in [5, 5.41) is 9.08. The fourth-order valence-corrected chi connectivity index (χ4v) is 2.06. The number of benzene rings is 1. The van der Waals surface area contributed by atoms with Crippen LogP contribution < -0.4 is 14.2 Å². The van der Waals surface area contributed by atoms with E-state index in [0.29, 0.717) is 37.1 Å². The molecule has 0 aliphatic heterocycles. The second-order valence-corrected chi connectivity index (χ2v) is 5.03. The van der Waals surface area contributed by atoms with Crippen LogP contribution in [0.4, 0.5) is 0 Å². The first-order valence-corrected chi connectivity index (χ1v) is 7.93. The van der Waals surface area contributed by atoms with E-state index in [4.69, 9.17) is 19.3 Å². The number of ether oxygens (including phenoxy) is 3. The Morgan fingerprint density at radius 3 is 1.88 bits per heavy atom. The van der Waals surface area contributed by atoms with Gasteiger partial charge in [-0.25, -0.2) is 4.79 Å². The smallest absolute Gasteiger partial charge is 0.326 e. The first-order valence-electron chi connectivity index (χ1n) is 7.93. The Labute approximate surface area is 142 Å². The van der Waals surface area contributed by atoms with Gasteiger partial charge in [0.15, 0.2) is 11.5 Å². The van der Waals surface area contributed by atoms with Crippen LogP contribution in [0.1, 0.15) is 38.1 Å². The van der Waals surface area contributed by atoms with Crippen LogP contribution in [-0.2, 0) is 4.79 Å². The van der Waals surface area contributed by atoms with Crippen molar-refractivity contribution < 1.29 is 28.9 Å². The second-order valence-electron chi connectivity index (χ2n) is 5.03. The van der Waals surface area contributed by atoms with Gasteiger partial charge in [0.05, 0.1) is 19.8 Å². The van der Waals surface area contributed by atoms with Crippen LogP contribution in [0.15, 0.2) is 12.1 Å². The molecule has 0 aliphatic rings. The molecule has 0 saturated carbocycles. The van der Waals surface area contributed by atoms with Crippen molar-refractivity contribution in [3.63, 3.8) is 0 Å². The number of carboxylic acid groups (broad SMARTS) is 1. The Hall–Kier alpha value is -2.44. The van der Waals surface area contributed by atoms with Crippen LogP contribution in [-0.4, -0.2) is 54.8 Å². The minimum atomic E-state index is -1.08. The van der Waals surface area contributed by atoms with Gasteiger partial charge in [-0.1, -0.05) is 0 Å². The molecule has 1 amide bonds. The maximum Gasteiger partial charge on any atom is 0.326 e. The molecule has 0 spiro atoms. The molecular weight excluding hydrogens is 314 g/mol. The quantitative estimate of drug-likeness (QED) is 0.744. The monoisotopic (exact) mass is 339 g/mol. The molecule has 1 unspecified atom stereocenters. The van der Waals surface area contributed by atoms with Crippen molar-refractivity contribution in [2.45, 2.75) is 33.7 Å². The van der Waals surface area contributed by atoms with E-state index in [0.717, 1.165) is 4.90 Å². The normalized spacial score (nSPS) is 11.5. The van der Waals surface area contributed by atoms with Gasteiger partial charge in [0.2, 0.25) is 5.75 Å². The molecule has 7 nitrogen and oxygen atoms in total. The molecule has 1 N–H and O–H groups in total. The van der Waals surface area contributed by atoms with E-state index in [1.54, 1.807) is 12.1 Å². The average Bonchev–Trinajstić information content (AvgIpc) is 2.55. The molecule has 1 aromatic carbocycles. The van der Waals surface area contributed by atoms with Gasteiger partial charge >= 0.3 is 5.97 Å². The maximum absolute atomic E-state index is 12.6. The van der Waals surface area contributed by atoms with Crippen molar-refractivity contribution >= 4 is 11.9 Å². The Balaban J connectivity index is 3.32. The molecule has 24 heavy (non-hydrogen) atoms. The molecule has 0 fully saturated rings. The third kappa shape index (κ3) is 4.53. The number of carbonyl (C=O) groups excluding carboxylic acids is 1. The first kappa shape index (κ1) is 19.6. The molecule has 0 aromatic heterocycles. The van der Waals surface area contributed by atoms with Gasteiger partial charge < -0.3 is 24.2 Å². The van der Waals surface area contributed by atoms with E-state index >= 15 is 0 Å². The Bertz CT molecular complexity index is 559. The third-order valence-electron chi connectivity index (χ3n) is 3.41. The van der Waals surface area contributed by atoms with Gasteiger partial charge in [-0.2, -0.15) is 0 Å². The van der Waals surface area contributed by atoms with Crippen LogP contribution in [0.25, 0.3) is 0 Å². The lowest BCUT2D eigenvalue weighted by molar-refractivity contribution is -0.141. The summed E-state index contributed by atoms with van der Waals surface area (Å²) >= 11 is 0. The fraction of sp³-hybridized carbons (Fsp3) is 0.529. The van der Waals surface area contributed by atoms with Gasteiger partial charge in [-0.05, 0) is 39.8 Å². The molecule has 7 heteroatoms. The molecule has 134 valence electrons. The molecular formula is C17H25NO6. The van der Waals surface area contributed by atoms with Crippen LogP contribution >= 0.6 is 0 Å². The molecule has 1 rings (SSSR count). The molecule has 0 saturated heterocycles. The van der Waals surface area contributed by atoms with Gasteiger partial charge in [-0.3, -0.25) is 4.79 Å². The molecule has 1 atom stereocenters. The zero-order valence-corrected chi connectivity index (χ0v) is 14.8. The van der Waals surface area contributed by atoms with Crippen LogP contribution in [0.3, 0.4) is 0 Å². The van der Waals surface area contributed by atoms with Crippen LogP contribution in [0.5, 0.6) is 17.2 Å². The van der Waals surface area contributed by atoms with E-state index in [-0.39, 0.29) is 5.56 Å². The largest absolute Gasteiger partial charge is 0.490 e. The summed E-state index contributed by atoms with van der Waals surface area (Å²) in [6.07, 6.45) is 0. The number of carbonyl (C=O) groups is 2. The predicted octanol–water partition coefficient (Wildman–Crippen LogP) is 2.43. The van der Waals surface area contributed by atoms with Crippen molar-refractivity contribution in [1.29, 1.82) is 0 Å². The first-order chi connectivity index (χ1) is 11.4. The number of hydrogen-bond donors (Lipinski definition) is 1. The predicted molar refractivity (Wildman–Crippen MR) is 89.1 cm³/mol. The summed E-state index contributed by atoms with van der Waals surface area (Å²) in [6.45, 7) is 8.14. The van der Waals surface area contributed by atoms with Gasteiger partial charge in [0, 0.05) is 12.6 Å². The highest BCUT2D eigenvalue weighted by Gasteiger charge is 2.25. The second kappa shape index (κ2) is 9.00. The number of amides is 1. The molecule has 0 bridgehead atoms.